The number of rotatable bonds is 8. The molecule has 12 heteroatoms. The highest BCUT2D eigenvalue weighted by atomic mass is 16.7. The highest BCUT2D eigenvalue weighted by Crippen LogP contribution is 2.55. The van der Waals surface area contributed by atoms with Crippen LogP contribution in [-0.2, 0) is 24.2 Å². The molecule has 0 amide bonds. The summed E-state index contributed by atoms with van der Waals surface area (Å²) in [4.78, 5) is 15.5. The summed E-state index contributed by atoms with van der Waals surface area (Å²) in [5.41, 5.74) is 2.70. The Balaban J connectivity index is 1.46. The number of hydrogen-bond donors (Lipinski definition) is 1. The second-order valence-electron chi connectivity index (χ2n) is 10.7. The molecule has 0 aliphatic carbocycles. The summed E-state index contributed by atoms with van der Waals surface area (Å²) in [6.45, 7) is 4.92. The molecule has 3 aliphatic heterocycles. The average molecular weight is 553 g/mol. The van der Waals surface area contributed by atoms with E-state index >= 15 is 0 Å². The van der Waals surface area contributed by atoms with Crippen molar-refractivity contribution in [1.29, 1.82) is 0 Å². The highest BCUT2D eigenvalue weighted by Gasteiger charge is 2.47. The van der Waals surface area contributed by atoms with Crippen molar-refractivity contribution in [1.82, 2.24) is 19.9 Å². The first kappa shape index (κ1) is 26.2. The van der Waals surface area contributed by atoms with E-state index in [0.717, 1.165) is 11.1 Å². The molecule has 2 atom stereocenters. The lowest BCUT2D eigenvalue weighted by Gasteiger charge is -2.40. The lowest BCUT2D eigenvalue weighted by molar-refractivity contribution is 0.000234. The van der Waals surface area contributed by atoms with Crippen LogP contribution in [0, 0.1) is 0 Å². The van der Waals surface area contributed by atoms with E-state index in [-0.39, 0.29) is 6.79 Å². The van der Waals surface area contributed by atoms with E-state index < -0.39 is 23.7 Å². The number of fused-ring (bicyclic) bond motifs is 3. The fourth-order valence-electron chi connectivity index (χ4n) is 5.87. The maximum absolute atomic E-state index is 13.3. The van der Waals surface area contributed by atoms with Gasteiger partial charge in [-0.2, -0.15) is 0 Å². The lowest BCUT2D eigenvalue weighted by atomic mass is 9.85. The number of methoxy groups -OCH3 is 3. The largest absolute Gasteiger partial charge is 0.493 e. The number of esters is 1. The van der Waals surface area contributed by atoms with Crippen molar-refractivity contribution in [3.8, 4) is 28.7 Å². The highest BCUT2D eigenvalue weighted by molar-refractivity contribution is 5.98. The zero-order chi connectivity index (χ0) is 28.2. The number of nitrogens with zero attached hydrogens (tertiary/aromatic N) is 4. The standard InChI is InChI=1S/C28H32N4O8/c1-28(2,34)13-32-12-16(29-30-32)11-31-9-8-15-10-19-25(39-14-38-19)26(37-5)20(15)22(31)23-17-6-7-18(35-3)24(36-4)21(17)27(33)40-23/h6-7,10,12,22-23,34H,8-9,11,13-14H2,1-5H3/t22-,23+/m1/s1. The van der Waals surface area contributed by atoms with Crippen LogP contribution in [0.4, 0.5) is 0 Å². The van der Waals surface area contributed by atoms with Crippen LogP contribution >= 0.6 is 0 Å². The third-order valence-electron chi connectivity index (χ3n) is 7.41. The summed E-state index contributed by atoms with van der Waals surface area (Å²) in [7, 11) is 4.62. The minimum absolute atomic E-state index is 0.103. The van der Waals surface area contributed by atoms with E-state index in [0.29, 0.717) is 71.6 Å². The van der Waals surface area contributed by atoms with Crippen molar-refractivity contribution >= 4 is 5.97 Å². The molecule has 0 unspecified atom stereocenters. The molecule has 3 aromatic rings. The Bertz CT molecular complexity index is 1460. The van der Waals surface area contributed by atoms with E-state index in [4.69, 9.17) is 28.4 Å². The maximum Gasteiger partial charge on any atom is 0.343 e. The third kappa shape index (κ3) is 4.37. The van der Waals surface area contributed by atoms with Crippen LogP contribution in [0.25, 0.3) is 0 Å². The Labute approximate surface area is 231 Å². The monoisotopic (exact) mass is 552 g/mol. The van der Waals surface area contributed by atoms with Gasteiger partial charge in [-0.15, -0.1) is 5.10 Å². The van der Waals surface area contributed by atoms with E-state index in [2.05, 4.69) is 15.2 Å². The van der Waals surface area contributed by atoms with Crippen molar-refractivity contribution < 1.29 is 38.3 Å². The molecular weight excluding hydrogens is 520 g/mol. The van der Waals surface area contributed by atoms with Gasteiger partial charge in [-0.05, 0) is 38.0 Å². The summed E-state index contributed by atoms with van der Waals surface area (Å²) >= 11 is 0. The van der Waals surface area contributed by atoms with E-state index in [1.165, 1.54) is 14.2 Å². The van der Waals surface area contributed by atoms with Crippen molar-refractivity contribution in [2.45, 2.75) is 51.1 Å². The quantitative estimate of drug-likeness (QED) is 0.415. The van der Waals surface area contributed by atoms with Gasteiger partial charge in [-0.25, -0.2) is 9.48 Å². The van der Waals surface area contributed by atoms with Crippen molar-refractivity contribution in [2.24, 2.45) is 0 Å². The molecule has 1 N–H and O–H groups in total. The Kier molecular flexibility index (Phi) is 6.46. The molecule has 0 spiro atoms. The maximum atomic E-state index is 13.3. The van der Waals surface area contributed by atoms with Gasteiger partial charge >= 0.3 is 5.97 Å². The van der Waals surface area contributed by atoms with Gasteiger partial charge in [-0.3, -0.25) is 4.90 Å². The molecule has 0 bridgehead atoms. The summed E-state index contributed by atoms with van der Waals surface area (Å²) in [6, 6.07) is 5.16. The van der Waals surface area contributed by atoms with Crippen molar-refractivity contribution in [2.75, 3.05) is 34.7 Å². The van der Waals surface area contributed by atoms with Gasteiger partial charge in [-0.1, -0.05) is 11.3 Å². The minimum atomic E-state index is -0.935. The van der Waals surface area contributed by atoms with Crippen LogP contribution in [0.1, 0.15) is 58.7 Å². The fraction of sp³-hybridized carbons (Fsp3) is 0.464. The van der Waals surface area contributed by atoms with Crippen LogP contribution in [0.3, 0.4) is 0 Å². The van der Waals surface area contributed by atoms with Crippen LogP contribution in [0.15, 0.2) is 24.4 Å². The molecule has 40 heavy (non-hydrogen) atoms. The topological polar surface area (TPSA) is 127 Å². The van der Waals surface area contributed by atoms with Gasteiger partial charge in [0.1, 0.15) is 11.7 Å². The fourth-order valence-corrected chi connectivity index (χ4v) is 5.87. The van der Waals surface area contributed by atoms with Crippen molar-refractivity contribution in [3.05, 3.63) is 52.3 Å². The molecule has 1 aromatic heterocycles. The van der Waals surface area contributed by atoms with Gasteiger partial charge in [0, 0.05) is 30.4 Å². The SMILES string of the molecule is COc1ccc2c(c1OC)C(=O)O[C@@H]2[C@H]1c2c(cc3c(c2OC)OCO3)CCN1Cc1cn(CC(C)(C)O)nn1. The summed E-state index contributed by atoms with van der Waals surface area (Å²) in [6.07, 6.45) is 1.85. The summed E-state index contributed by atoms with van der Waals surface area (Å²) < 4.78 is 36.2. The molecule has 6 rings (SSSR count). The second-order valence-corrected chi connectivity index (χ2v) is 10.7. The van der Waals surface area contributed by atoms with E-state index in [1.807, 2.05) is 18.3 Å². The molecule has 12 nitrogen and oxygen atoms in total. The number of hydrogen-bond acceptors (Lipinski definition) is 11. The van der Waals surface area contributed by atoms with Crippen LogP contribution < -0.4 is 23.7 Å². The first-order valence-electron chi connectivity index (χ1n) is 13.0. The average Bonchev–Trinajstić information content (AvgIpc) is 3.65. The number of benzene rings is 2. The van der Waals surface area contributed by atoms with Gasteiger partial charge in [0.2, 0.25) is 12.5 Å². The number of carbonyl (C=O) groups excluding carboxylic acids is 1. The third-order valence-corrected chi connectivity index (χ3v) is 7.41. The molecule has 2 aromatic carbocycles. The molecular formula is C28H32N4O8. The smallest absolute Gasteiger partial charge is 0.343 e. The molecule has 4 heterocycles. The Morgan fingerprint density at radius 1 is 1.12 bits per heavy atom. The Morgan fingerprint density at radius 3 is 2.65 bits per heavy atom. The second kappa shape index (κ2) is 9.86. The molecule has 0 saturated heterocycles. The van der Waals surface area contributed by atoms with E-state index in [9.17, 15) is 9.90 Å². The predicted octanol–water partition coefficient (Wildman–Crippen LogP) is 2.81. The molecule has 212 valence electrons. The summed E-state index contributed by atoms with van der Waals surface area (Å²) in [5.74, 6) is 2.01. The number of aliphatic hydroxyl groups is 1. The van der Waals surface area contributed by atoms with Crippen LogP contribution in [0.2, 0.25) is 0 Å². The zero-order valence-electron chi connectivity index (χ0n) is 23.1. The molecule has 0 saturated carbocycles. The normalized spacial score (nSPS) is 19.7. The number of aromatic nitrogens is 3. The van der Waals surface area contributed by atoms with Gasteiger partial charge in [0.15, 0.2) is 23.0 Å². The van der Waals surface area contributed by atoms with Crippen LogP contribution in [0.5, 0.6) is 28.7 Å². The Hall–Kier alpha value is -4.03. The first-order valence-corrected chi connectivity index (χ1v) is 13.0. The molecule has 0 radical (unpaired) electrons. The number of ether oxygens (including phenoxy) is 6. The molecule has 0 fully saturated rings. The predicted molar refractivity (Wildman–Crippen MR) is 140 cm³/mol. The lowest BCUT2D eigenvalue weighted by Crippen LogP contribution is -2.38. The van der Waals surface area contributed by atoms with Crippen LogP contribution in [-0.4, -0.2) is 71.2 Å². The number of cyclic esters (lactones) is 1. The first-order chi connectivity index (χ1) is 19.2. The van der Waals surface area contributed by atoms with E-state index in [1.54, 1.807) is 31.7 Å². The Morgan fingerprint density at radius 2 is 1.93 bits per heavy atom. The number of carbonyl (C=O) groups is 1. The minimum Gasteiger partial charge on any atom is -0.493 e. The molecule has 3 aliphatic rings. The van der Waals surface area contributed by atoms with Gasteiger partial charge in [0.05, 0.1) is 45.2 Å². The van der Waals surface area contributed by atoms with Gasteiger partial charge < -0.3 is 33.5 Å². The van der Waals surface area contributed by atoms with Crippen molar-refractivity contribution in [3.63, 3.8) is 0 Å². The summed E-state index contributed by atoms with van der Waals surface area (Å²) in [5, 5.41) is 18.8. The zero-order valence-corrected chi connectivity index (χ0v) is 23.1. The van der Waals surface area contributed by atoms with Gasteiger partial charge in [0.25, 0.3) is 0 Å².